The van der Waals surface area contributed by atoms with Gasteiger partial charge in [-0.3, -0.25) is 4.79 Å². The van der Waals surface area contributed by atoms with Crippen LogP contribution < -0.4 is 10.6 Å². The van der Waals surface area contributed by atoms with Crippen molar-refractivity contribution in [3.05, 3.63) is 12.2 Å². The van der Waals surface area contributed by atoms with E-state index in [0.717, 1.165) is 0 Å². The predicted octanol–water partition coefficient (Wildman–Crippen LogP) is 1.20. The van der Waals surface area contributed by atoms with Crippen LogP contribution in [0.2, 0.25) is 0 Å². The molecule has 0 radical (unpaired) electrons. The lowest BCUT2D eigenvalue weighted by atomic mass is 10.2. The summed E-state index contributed by atoms with van der Waals surface area (Å²) in [5, 5.41) is 14.1. The van der Waals surface area contributed by atoms with E-state index in [1.54, 1.807) is 20.8 Å². The standard InChI is InChI=1S/C14H26N2O4/c1-10(2)7-6-8-15-12(18)11(9-17)16-13(19)20-14(3,4)5/h6-7,10-11,17H,8-9H2,1-5H3,(H,15,18)(H,16,19)/b7-6+. The molecule has 3 N–H and O–H groups in total. The molecule has 0 aromatic carbocycles. The molecule has 0 heterocycles. The Hall–Kier alpha value is -1.56. The number of carbonyl (C=O) groups is 2. The van der Waals surface area contributed by atoms with Gasteiger partial charge in [0.25, 0.3) is 0 Å². The third-order valence-electron chi connectivity index (χ3n) is 2.11. The van der Waals surface area contributed by atoms with E-state index in [2.05, 4.69) is 10.6 Å². The van der Waals surface area contributed by atoms with Crippen molar-refractivity contribution in [3.63, 3.8) is 0 Å². The van der Waals surface area contributed by atoms with Gasteiger partial charge < -0.3 is 20.5 Å². The monoisotopic (exact) mass is 286 g/mol. The first kappa shape index (κ1) is 18.4. The van der Waals surface area contributed by atoms with Crippen molar-refractivity contribution in [1.82, 2.24) is 10.6 Å². The molecule has 0 spiro atoms. The summed E-state index contributed by atoms with van der Waals surface area (Å²) in [6.45, 7) is 9.08. The van der Waals surface area contributed by atoms with Crippen molar-refractivity contribution >= 4 is 12.0 Å². The highest BCUT2D eigenvalue weighted by molar-refractivity contribution is 5.85. The molecule has 0 aliphatic carbocycles. The van der Waals surface area contributed by atoms with Gasteiger partial charge in [0.1, 0.15) is 11.6 Å². The first-order valence-electron chi connectivity index (χ1n) is 6.70. The fourth-order valence-electron chi connectivity index (χ4n) is 1.27. The summed E-state index contributed by atoms with van der Waals surface area (Å²) in [4.78, 5) is 23.3. The number of hydrogen-bond acceptors (Lipinski definition) is 4. The van der Waals surface area contributed by atoms with Crippen molar-refractivity contribution in [2.24, 2.45) is 5.92 Å². The molecule has 6 heteroatoms. The van der Waals surface area contributed by atoms with E-state index in [1.165, 1.54) is 0 Å². The van der Waals surface area contributed by atoms with Crippen LogP contribution in [-0.2, 0) is 9.53 Å². The molecule has 0 bridgehead atoms. The van der Waals surface area contributed by atoms with Gasteiger partial charge in [0.15, 0.2) is 0 Å². The largest absolute Gasteiger partial charge is 0.444 e. The average Bonchev–Trinajstić information content (AvgIpc) is 2.28. The van der Waals surface area contributed by atoms with Crippen molar-refractivity contribution in [1.29, 1.82) is 0 Å². The van der Waals surface area contributed by atoms with Gasteiger partial charge in [0, 0.05) is 6.54 Å². The molecule has 0 saturated heterocycles. The Labute approximate surface area is 120 Å². The smallest absolute Gasteiger partial charge is 0.408 e. The van der Waals surface area contributed by atoms with E-state index >= 15 is 0 Å². The predicted molar refractivity (Wildman–Crippen MR) is 77.2 cm³/mol. The Morgan fingerprint density at radius 1 is 1.30 bits per heavy atom. The summed E-state index contributed by atoms with van der Waals surface area (Å²) in [7, 11) is 0. The van der Waals surface area contributed by atoms with E-state index in [0.29, 0.717) is 12.5 Å². The van der Waals surface area contributed by atoms with Gasteiger partial charge in [0.2, 0.25) is 5.91 Å². The van der Waals surface area contributed by atoms with Crippen LogP contribution in [0.25, 0.3) is 0 Å². The fraction of sp³-hybridized carbons (Fsp3) is 0.714. The molecule has 2 amide bonds. The molecule has 0 saturated carbocycles. The number of alkyl carbamates (subject to hydrolysis) is 1. The molecular formula is C14H26N2O4. The van der Waals surface area contributed by atoms with E-state index in [4.69, 9.17) is 9.84 Å². The molecule has 6 nitrogen and oxygen atoms in total. The van der Waals surface area contributed by atoms with Crippen molar-refractivity contribution in [2.45, 2.75) is 46.3 Å². The van der Waals surface area contributed by atoms with Crippen LogP contribution >= 0.6 is 0 Å². The first-order valence-corrected chi connectivity index (χ1v) is 6.70. The molecule has 0 aromatic rings. The summed E-state index contributed by atoms with van der Waals surface area (Å²) >= 11 is 0. The topological polar surface area (TPSA) is 87.7 Å². The van der Waals surface area contributed by atoms with Crippen molar-refractivity contribution in [2.75, 3.05) is 13.2 Å². The third-order valence-corrected chi connectivity index (χ3v) is 2.11. The maximum absolute atomic E-state index is 11.7. The minimum Gasteiger partial charge on any atom is -0.444 e. The number of allylic oxidation sites excluding steroid dienone is 1. The Morgan fingerprint density at radius 3 is 2.35 bits per heavy atom. The highest BCUT2D eigenvalue weighted by atomic mass is 16.6. The first-order chi connectivity index (χ1) is 9.15. The second-order valence-electron chi connectivity index (χ2n) is 5.80. The highest BCUT2D eigenvalue weighted by Crippen LogP contribution is 2.06. The number of carbonyl (C=O) groups excluding carboxylic acids is 2. The molecule has 1 atom stereocenters. The number of ether oxygens (including phenoxy) is 1. The lowest BCUT2D eigenvalue weighted by Crippen LogP contribution is -2.50. The summed E-state index contributed by atoms with van der Waals surface area (Å²) in [5.41, 5.74) is -0.652. The molecule has 1 unspecified atom stereocenters. The van der Waals surface area contributed by atoms with Crippen LogP contribution in [-0.4, -0.2) is 41.9 Å². The Balaban J connectivity index is 4.25. The van der Waals surface area contributed by atoms with Gasteiger partial charge in [0.05, 0.1) is 6.61 Å². The number of hydrogen-bond donors (Lipinski definition) is 3. The van der Waals surface area contributed by atoms with Crippen LogP contribution in [0.3, 0.4) is 0 Å². The third kappa shape index (κ3) is 9.38. The average molecular weight is 286 g/mol. The Kier molecular flexibility index (Phi) is 7.91. The zero-order chi connectivity index (χ0) is 15.8. The number of aliphatic hydroxyl groups is 1. The minimum absolute atomic E-state index is 0.351. The van der Waals surface area contributed by atoms with Crippen LogP contribution in [0.5, 0.6) is 0 Å². The maximum Gasteiger partial charge on any atom is 0.408 e. The molecule has 0 aromatic heterocycles. The second kappa shape index (κ2) is 8.58. The van der Waals surface area contributed by atoms with E-state index in [-0.39, 0.29) is 0 Å². The molecular weight excluding hydrogens is 260 g/mol. The minimum atomic E-state index is -1.02. The van der Waals surface area contributed by atoms with Gasteiger partial charge in [-0.2, -0.15) is 0 Å². The van der Waals surface area contributed by atoms with Crippen molar-refractivity contribution < 1.29 is 19.4 Å². The molecule has 0 aliphatic heterocycles. The Morgan fingerprint density at radius 2 is 1.90 bits per heavy atom. The summed E-state index contributed by atoms with van der Waals surface area (Å²) in [6.07, 6.45) is 3.05. The normalized spacial score (nSPS) is 13.3. The second-order valence-corrected chi connectivity index (χ2v) is 5.80. The summed E-state index contributed by atoms with van der Waals surface area (Å²) in [5.74, 6) is -0.0489. The number of aliphatic hydroxyl groups excluding tert-OH is 1. The molecule has 0 aliphatic rings. The SMILES string of the molecule is CC(C)/C=C/CNC(=O)C(CO)NC(=O)OC(C)(C)C. The van der Waals surface area contributed by atoms with Crippen LogP contribution in [0, 0.1) is 5.92 Å². The fourth-order valence-corrected chi connectivity index (χ4v) is 1.27. The quantitative estimate of drug-likeness (QED) is 0.640. The highest BCUT2D eigenvalue weighted by Gasteiger charge is 2.23. The summed E-state index contributed by atoms with van der Waals surface area (Å²) < 4.78 is 5.02. The van der Waals surface area contributed by atoms with Crippen LogP contribution in [0.4, 0.5) is 4.79 Å². The number of amides is 2. The van der Waals surface area contributed by atoms with Gasteiger partial charge >= 0.3 is 6.09 Å². The maximum atomic E-state index is 11.7. The lowest BCUT2D eigenvalue weighted by Gasteiger charge is -2.22. The molecule has 116 valence electrons. The number of nitrogens with one attached hydrogen (secondary N) is 2. The van der Waals surface area contributed by atoms with Gasteiger partial charge in [-0.05, 0) is 26.7 Å². The molecule has 20 heavy (non-hydrogen) atoms. The van der Waals surface area contributed by atoms with E-state index in [1.807, 2.05) is 26.0 Å². The summed E-state index contributed by atoms with van der Waals surface area (Å²) in [6, 6.07) is -1.02. The molecule has 0 rings (SSSR count). The van der Waals surface area contributed by atoms with Crippen LogP contribution in [0.15, 0.2) is 12.2 Å². The van der Waals surface area contributed by atoms with Gasteiger partial charge in [-0.1, -0.05) is 26.0 Å². The lowest BCUT2D eigenvalue weighted by molar-refractivity contribution is -0.123. The number of rotatable bonds is 6. The van der Waals surface area contributed by atoms with Gasteiger partial charge in [-0.15, -0.1) is 0 Å². The van der Waals surface area contributed by atoms with E-state index < -0.39 is 30.3 Å². The molecule has 0 fully saturated rings. The van der Waals surface area contributed by atoms with E-state index in [9.17, 15) is 9.59 Å². The van der Waals surface area contributed by atoms with Crippen LogP contribution in [0.1, 0.15) is 34.6 Å². The zero-order valence-corrected chi connectivity index (χ0v) is 12.9. The Bertz CT molecular complexity index is 346. The van der Waals surface area contributed by atoms with Crippen molar-refractivity contribution in [3.8, 4) is 0 Å². The van der Waals surface area contributed by atoms with Gasteiger partial charge in [-0.25, -0.2) is 4.79 Å². The zero-order valence-electron chi connectivity index (χ0n) is 12.9.